The maximum atomic E-state index is 13.7. The highest BCUT2D eigenvalue weighted by Crippen LogP contribution is 2.36. The van der Waals surface area contributed by atoms with Gasteiger partial charge in [-0.3, -0.25) is 19.2 Å². The number of nitrogens with zero attached hydrogens (tertiary/aromatic N) is 2. The number of hydrogen-bond acceptors (Lipinski definition) is 11. The molecule has 0 atom stereocenters. The number of anilines is 4. The van der Waals surface area contributed by atoms with Crippen LogP contribution in [0.15, 0.2) is 72.8 Å². The Morgan fingerprint density at radius 2 is 0.667 bits per heavy atom. The molecule has 0 aromatic heterocycles. The van der Waals surface area contributed by atoms with E-state index in [1.165, 1.54) is 0 Å². The van der Waals surface area contributed by atoms with Crippen molar-refractivity contribution in [3.8, 4) is 0 Å². The van der Waals surface area contributed by atoms with Crippen molar-refractivity contribution in [2.75, 3.05) is 102 Å². The van der Waals surface area contributed by atoms with Gasteiger partial charge >= 0.3 is 0 Å². The van der Waals surface area contributed by atoms with Crippen LogP contribution in [-0.4, -0.2) is 113 Å². The van der Waals surface area contributed by atoms with Gasteiger partial charge in [0.2, 0.25) is 0 Å². The third kappa shape index (κ3) is 7.41. The fraction of sp³-hybridized carbons (Fsp3) is 0.300. The molecule has 2 aliphatic carbocycles. The number of carbonyl (C=O) groups is 4. The monoisotopic (exact) mass is 687 g/mol. The molecule has 4 aromatic rings. The number of hydrogen-bond donors (Lipinski definition) is 5. The number of fused-ring (bicyclic) bond motifs is 4. The van der Waals surface area contributed by atoms with Gasteiger partial charge in [-0.15, -0.1) is 0 Å². The second-order valence-corrected chi connectivity index (χ2v) is 13.3. The average molecular weight is 688 g/mol. The summed E-state index contributed by atoms with van der Waals surface area (Å²) in [4.78, 5) is 58.8. The fourth-order valence-corrected chi connectivity index (χ4v) is 6.60. The summed E-state index contributed by atoms with van der Waals surface area (Å²) in [6.07, 6.45) is 0. The predicted molar refractivity (Wildman–Crippen MR) is 203 cm³/mol. The molecule has 2 aliphatic rings. The van der Waals surface area contributed by atoms with Crippen LogP contribution in [0.1, 0.15) is 63.7 Å². The molecule has 11 nitrogen and oxygen atoms in total. The van der Waals surface area contributed by atoms with Gasteiger partial charge in [0.25, 0.3) is 0 Å². The first-order chi connectivity index (χ1) is 24.7. The van der Waals surface area contributed by atoms with Crippen molar-refractivity contribution in [2.45, 2.75) is 0 Å². The summed E-state index contributed by atoms with van der Waals surface area (Å²) in [7, 11) is 7.94. The molecule has 0 unspecified atom stereocenters. The Bertz CT molecular complexity index is 1850. The van der Waals surface area contributed by atoms with Crippen molar-refractivity contribution in [1.29, 1.82) is 0 Å². The molecule has 51 heavy (non-hydrogen) atoms. The van der Waals surface area contributed by atoms with Crippen molar-refractivity contribution in [3.63, 3.8) is 0 Å². The molecule has 6 rings (SSSR count). The van der Waals surface area contributed by atoms with E-state index in [1.54, 1.807) is 48.5 Å². The Hall–Kier alpha value is -5.36. The van der Waals surface area contributed by atoms with Gasteiger partial charge in [0, 0.05) is 97.4 Å². The van der Waals surface area contributed by atoms with E-state index in [1.807, 2.05) is 52.5 Å². The van der Waals surface area contributed by atoms with Crippen LogP contribution >= 0.6 is 0 Å². The largest absolute Gasteiger partial charge is 0.383 e. The lowest BCUT2D eigenvalue weighted by Gasteiger charge is -2.24. The highest BCUT2D eigenvalue weighted by atomic mass is 16.1. The minimum atomic E-state index is -0.172. The van der Waals surface area contributed by atoms with Gasteiger partial charge in [-0.2, -0.15) is 0 Å². The van der Waals surface area contributed by atoms with Crippen LogP contribution in [0.3, 0.4) is 0 Å². The molecule has 0 heterocycles. The zero-order chi connectivity index (χ0) is 36.1. The number of ketones is 4. The number of likely N-dealkylation sites (N-methyl/N-ethyl adjacent to an activating group) is 2. The molecule has 0 saturated heterocycles. The summed E-state index contributed by atoms with van der Waals surface area (Å²) in [5, 5.41) is 16.7. The summed E-state index contributed by atoms with van der Waals surface area (Å²) < 4.78 is 0. The maximum Gasteiger partial charge on any atom is 0.196 e. The third-order valence-electron chi connectivity index (χ3n) is 9.13. The first-order valence-electron chi connectivity index (χ1n) is 17.3. The van der Waals surface area contributed by atoms with E-state index in [4.69, 9.17) is 0 Å². The smallest absolute Gasteiger partial charge is 0.196 e. The molecule has 5 N–H and O–H groups in total. The van der Waals surface area contributed by atoms with Crippen LogP contribution in [0.5, 0.6) is 0 Å². The zero-order valence-electron chi connectivity index (χ0n) is 29.6. The molecule has 264 valence electrons. The highest BCUT2D eigenvalue weighted by molar-refractivity contribution is 6.32. The number of benzene rings is 4. The molecule has 0 radical (unpaired) electrons. The Morgan fingerprint density at radius 1 is 0.392 bits per heavy atom. The Kier molecular flexibility index (Phi) is 10.9. The van der Waals surface area contributed by atoms with Crippen LogP contribution in [-0.2, 0) is 0 Å². The molecule has 0 saturated carbocycles. The van der Waals surface area contributed by atoms with Crippen molar-refractivity contribution in [2.24, 2.45) is 0 Å². The molecule has 0 fully saturated rings. The Morgan fingerprint density at radius 3 is 0.941 bits per heavy atom. The summed E-state index contributed by atoms with van der Waals surface area (Å²) in [6.45, 7) is 5.11. The Balaban J connectivity index is 1.04. The van der Waals surface area contributed by atoms with Crippen molar-refractivity contribution in [1.82, 2.24) is 15.1 Å². The second-order valence-electron chi connectivity index (χ2n) is 13.3. The third-order valence-corrected chi connectivity index (χ3v) is 9.13. The van der Waals surface area contributed by atoms with Crippen LogP contribution < -0.4 is 26.6 Å². The SMILES string of the molecule is CN(C)CCNc1cccc2c1C(=O)c1cccc(NCCNCCNc3cccc4c3C(=O)c3cccc(NCCN(C)C)c3C4=O)c1C2=O. The van der Waals surface area contributed by atoms with E-state index in [0.717, 1.165) is 13.1 Å². The first-order valence-corrected chi connectivity index (χ1v) is 17.3. The summed E-state index contributed by atoms with van der Waals surface area (Å²) in [5.41, 5.74) is 5.84. The van der Waals surface area contributed by atoms with E-state index in [2.05, 4.69) is 36.4 Å². The number of rotatable bonds is 16. The van der Waals surface area contributed by atoms with Crippen LogP contribution in [0, 0.1) is 0 Å². The lowest BCUT2D eigenvalue weighted by atomic mass is 9.82. The second kappa shape index (κ2) is 15.7. The molecule has 0 amide bonds. The predicted octanol–water partition coefficient (Wildman–Crippen LogP) is 4.30. The molecular formula is C40H45N7O4. The average Bonchev–Trinajstić information content (AvgIpc) is 3.11. The van der Waals surface area contributed by atoms with Gasteiger partial charge in [-0.05, 0) is 52.5 Å². The normalized spacial score (nSPS) is 13.1. The van der Waals surface area contributed by atoms with Crippen LogP contribution in [0.4, 0.5) is 22.7 Å². The maximum absolute atomic E-state index is 13.7. The highest BCUT2D eigenvalue weighted by Gasteiger charge is 2.34. The van der Waals surface area contributed by atoms with Gasteiger partial charge in [-0.25, -0.2) is 0 Å². The van der Waals surface area contributed by atoms with Crippen LogP contribution in [0.25, 0.3) is 0 Å². The van der Waals surface area contributed by atoms with E-state index in [9.17, 15) is 19.2 Å². The molecular weight excluding hydrogens is 642 g/mol. The van der Waals surface area contributed by atoms with Gasteiger partial charge in [0.05, 0.1) is 22.3 Å². The lowest BCUT2D eigenvalue weighted by Crippen LogP contribution is -2.29. The van der Waals surface area contributed by atoms with Crippen LogP contribution in [0.2, 0.25) is 0 Å². The minimum absolute atomic E-state index is 0.163. The molecule has 0 bridgehead atoms. The summed E-state index contributed by atoms with van der Waals surface area (Å²) >= 11 is 0. The van der Waals surface area contributed by atoms with Gasteiger partial charge in [0.15, 0.2) is 23.1 Å². The Labute approximate surface area is 298 Å². The van der Waals surface area contributed by atoms with E-state index in [0.29, 0.717) is 107 Å². The molecule has 11 heteroatoms. The quantitative estimate of drug-likeness (QED) is 0.0933. The first kappa shape index (κ1) is 35.5. The van der Waals surface area contributed by atoms with E-state index < -0.39 is 0 Å². The topological polar surface area (TPSA) is 135 Å². The van der Waals surface area contributed by atoms with Gasteiger partial charge < -0.3 is 36.4 Å². The van der Waals surface area contributed by atoms with Crippen molar-refractivity contribution < 1.29 is 19.2 Å². The van der Waals surface area contributed by atoms with Gasteiger partial charge in [0.1, 0.15) is 0 Å². The molecule has 4 aromatic carbocycles. The minimum Gasteiger partial charge on any atom is -0.383 e. The molecule has 0 spiro atoms. The fourth-order valence-electron chi connectivity index (χ4n) is 6.60. The standard InChI is InChI=1S/C40H45N7O4/c1-46(2)23-21-44-31-15-7-11-27-35(31)39(50)25-9-5-13-29(33(25)37(27)48)42-19-17-41-18-20-43-30-14-6-10-26-34(30)38(49)28-12-8-16-32(36(28)40(26)51)45-22-24-47(3)4/h5-16,41-45H,17-24H2,1-4H3. The molecule has 0 aliphatic heterocycles. The zero-order valence-corrected chi connectivity index (χ0v) is 29.6. The lowest BCUT2D eigenvalue weighted by molar-refractivity contribution is 0.0980. The van der Waals surface area contributed by atoms with Crippen molar-refractivity contribution in [3.05, 3.63) is 117 Å². The summed E-state index contributed by atoms with van der Waals surface area (Å²) in [5.74, 6) is -0.668. The van der Waals surface area contributed by atoms with E-state index in [-0.39, 0.29) is 23.1 Å². The number of nitrogens with one attached hydrogen (secondary N) is 5. The van der Waals surface area contributed by atoms with E-state index >= 15 is 0 Å². The number of carbonyl (C=O) groups excluding carboxylic acids is 4. The summed E-state index contributed by atoms with van der Waals surface area (Å²) in [6, 6.07) is 21.4. The van der Waals surface area contributed by atoms with Crippen molar-refractivity contribution >= 4 is 45.9 Å². The van der Waals surface area contributed by atoms with Gasteiger partial charge in [-0.1, -0.05) is 48.5 Å².